The molecule has 1 nitrogen and oxygen atoms in total. The van der Waals surface area contributed by atoms with E-state index in [1.165, 1.54) is 0 Å². The van der Waals surface area contributed by atoms with Crippen molar-refractivity contribution in [3.05, 3.63) is 12.2 Å². The highest BCUT2D eigenvalue weighted by molar-refractivity contribution is 4.87. The van der Waals surface area contributed by atoms with Crippen LogP contribution in [0.15, 0.2) is 12.2 Å². The molecule has 0 saturated heterocycles. The molecule has 0 spiro atoms. The van der Waals surface area contributed by atoms with Crippen molar-refractivity contribution in [2.75, 3.05) is 6.61 Å². The first kappa shape index (κ1) is 8.70. The molecule has 0 aromatic rings. The molecule has 54 valence electrons. The summed E-state index contributed by atoms with van der Waals surface area (Å²) in [6, 6.07) is 0. The van der Waals surface area contributed by atoms with Gasteiger partial charge >= 0.3 is 0 Å². The molecule has 1 heteroatoms. The number of hydrogen-bond acceptors (Lipinski definition) is 1. The fourth-order valence-electron chi connectivity index (χ4n) is 0.644. The zero-order valence-electron chi connectivity index (χ0n) is 6.55. The molecule has 1 heterocycles. The molecule has 0 bridgehead atoms. The summed E-state index contributed by atoms with van der Waals surface area (Å²) in [6.45, 7) is 6.89. The summed E-state index contributed by atoms with van der Waals surface area (Å²) in [5.41, 5.74) is 0. The molecule has 0 aromatic heterocycles. The average molecular weight is 128 g/mol. The smallest absolute Gasteiger partial charge is 0.0651 e. The van der Waals surface area contributed by atoms with Crippen LogP contribution in [0.4, 0.5) is 0 Å². The van der Waals surface area contributed by atoms with E-state index in [9.17, 15) is 0 Å². The highest BCUT2D eigenvalue weighted by Gasteiger charge is 1.99. The van der Waals surface area contributed by atoms with Gasteiger partial charge in [-0.15, -0.1) is 0 Å². The molecule has 1 aliphatic heterocycles. The number of hydrogen-bond donors (Lipinski definition) is 0. The van der Waals surface area contributed by atoms with Crippen molar-refractivity contribution < 1.29 is 4.74 Å². The van der Waals surface area contributed by atoms with Crippen LogP contribution < -0.4 is 0 Å². The Morgan fingerprint density at radius 2 is 2.00 bits per heavy atom. The summed E-state index contributed by atoms with van der Waals surface area (Å²) in [4.78, 5) is 0. The van der Waals surface area contributed by atoms with Gasteiger partial charge in [0.05, 0.1) is 12.7 Å². The zero-order valence-corrected chi connectivity index (χ0v) is 6.55. The molecule has 1 rings (SSSR count). The van der Waals surface area contributed by atoms with Crippen molar-refractivity contribution in [1.29, 1.82) is 0 Å². The van der Waals surface area contributed by atoms with E-state index >= 15 is 0 Å². The van der Waals surface area contributed by atoms with E-state index in [1.807, 2.05) is 13.8 Å². The largest absolute Gasteiger partial charge is 0.374 e. The second-order valence-corrected chi connectivity index (χ2v) is 1.85. The Hall–Kier alpha value is -0.300. The van der Waals surface area contributed by atoms with E-state index < -0.39 is 0 Å². The summed E-state index contributed by atoms with van der Waals surface area (Å²) < 4.78 is 5.19. The zero-order chi connectivity index (χ0) is 7.11. The van der Waals surface area contributed by atoms with Crippen molar-refractivity contribution in [2.24, 2.45) is 0 Å². The molecule has 0 radical (unpaired) electrons. The molecule has 0 aliphatic carbocycles. The van der Waals surface area contributed by atoms with Gasteiger partial charge in [-0.3, -0.25) is 0 Å². The average Bonchev–Trinajstić information content (AvgIpc) is 1.94. The van der Waals surface area contributed by atoms with Crippen LogP contribution >= 0.6 is 0 Å². The first-order valence-electron chi connectivity index (χ1n) is 3.66. The Bertz CT molecular complexity index is 76.6. The second kappa shape index (κ2) is 5.83. The fraction of sp³-hybridized carbons (Fsp3) is 0.750. The minimum Gasteiger partial charge on any atom is -0.374 e. The lowest BCUT2D eigenvalue weighted by Crippen LogP contribution is -2.09. The minimum atomic E-state index is 0.449. The van der Waals surface area contributed by atoms with Gasteiger partial charge in [-0.2, -0.15) is 0 Å². The van der Waals surface area contributed by atoms with Crippen LogP contribution in [-0.4, -0.2) is 12.7 Å². The third kappa shape index (κ3) is 4.22. The molecule has 0 aromatic carbocycles. The minimum absolute atomic E-state index is 0.449. The monoisotopic (exact) mass is 128 g/mol. The molecule has 0 fully saturated rings. The standard InChI is InChI=1S/C6H10O.C2H6/c1-6-4-2-3-5-7-6;1-2/h2-3,6H,4-5H2,1H3;1-2H3. The van der Waals surface area contributed by atoms with Gasteiger partial charge < -0.3 is 4.74 Å². The van der Waals surface area contributed by atoms with Crippen LogP contribution in [0.3, 0.4) is 0 Å². The highest BCUT2D eigenvalue weighted by atomic mass is 16.5. The molecule has 9 heavy (non-hydrogen) atoms. The van der Waals surface area contributed by atoms with Gasteiger partial charge in [-0.1, -0.05) is 26.0 Å². The number of ether oxygens (including phenoxy) is 1. The van der Waals surface area contributed by atoms with E-state index in [4.69, 9.17) is 4.74 Å². The molecule has 1 unspecified atom stereocenters. The first-order chi connectivity index (χ1) is 4.39. The lowest BCUT2D eigenvalue weighted by Gasteiger charge is -2.12. The van der Waals surface area contributed by atoms with E-state index in [1.54, 1.807) is 0 Å². The Balaban J connectivity index is 0.000000291. The van der Waals surface area contributed by atoms with Gasteiger partial charge in [0, 0.05) is 0 Å². The molecule has 0 saturated carbocycles. The maximum atomic E-state index is 5.19. The number of rotatable bonds is 0. The Kier molecular flexibility index (Phi) is 5.64. The molecular formula is C8H16O. The summed E-state index contributed by atoms with van der Waals surface area (Å²) in [7, 11) is 0. The van der Waals surface area contributed by atoms with Crippen molar-refractivity contribution in [3.8, 4) is 0 Å². The van der Waals surface area contributed by atoms with E-state index in [-0.39, 0.29) is 0 Å². The molecular weight excluding hydrogens is 112 g/mol. The van der Waals surface area contributed by atoms with Crippen LogP contribution in [0.1, 0.15) is 27.2 Å². The lowest BCUT2D eigenvalue weighted by molar-refractivity contribution is 0.0821. The molecule has 0 amide bonds. The van der Waals surface area contributed by atoms with Crippen LogP contribution in [0, 0.1) is 0 Å². The maximum absolute atomic E-state index is 5.19. The van der Waals surface area contributed by atoms with E-state index in [2.05, 4.69) is 19.1 Å². The van der Waals surface area contributed by atoms with Crippen LogP contribution in [-0.2, 0) is 4.74 Å². The summed E-state index contributed by atoms with van der Waals surface area (Å²) in [6.07, 6.45) is 5.75. The van der Waals surface area contributed by atoms with Crippen molar-refractivity contribution in [2.45, 2.75) is 33.3 Å². The second-order valence-electron chi connectivity index (χ2n) is 1.85. The van der Waals surface area contributed by atoms with Crippen molar-refractivity contribution in [3.63, 3.8) is 0 Å². The van der Waals surface area contributed by atoms with E-state index in [0.717, 1.165) is 13.0 Å². The Labute approximate surface area is 57.7 Å². The molecule has 0 N–H and O–H groups in total. The normalized spacial score (nSPS) is 24.6. The third-order valence-corrected chi connectivity index (χ3v) is 1.11. The van der Waals surface area contributed by atoms with Gasteiger partial charge in [0.1, 0.15) is 0 Å². The van der Waals surface area contributed by atoms with Gasteiger partial charge in [0.2, 0.25) is 0 Å². The van der Waals surface area contributed by atoms with Crippen molar-refractivity contribution in [1.82, 2.24) is 0 Å². The Morgan fingerprint density at radius 3 is 2.22 bits per heavy atom. The van der Waals surface area contributed by atoms with Crippen LogP contribution in [0.5, 0.6) is 0 Å². The predicted octanol–water partition coefficient (Wildman–Crippen LogP) is 2.38. The SMILES string of the molecule is CC.CC1CC=CCO1. The van der Waals surface area contributed by atoms with Gasteiger partial charge in [-0.25, -0.2) is 0 Å². The van der Waals surface area contributed by atoms with E-state index in [0.29, 0.717) is 6.10 Å². The van der Waals surface area contributed by atoms with Gasteiger partial charge in [0.25, 0.3) is 0 Å². The molecule has 1 aliphatic rings. The fourth-order valence-corrected chi connectivity index (χ4v) is 0.644. The van der Waals surface area contributed by atoms with Gasteiger partial charge in [-0.05, 0) is 13.3 Å². The van der Waals surface area contributed by atoms with Crippen molar-refractivity contribution >= 4 is 0 Å². The first-order valence-corrected chi connectivity index (χ1v) is 3.66. The lowest BCUT2D eigenvalue weighted by atomic mass is 10.2. The quantitative estimate of drug-likeness (QED) is 0.455. The van der Waals surface area contributed by atoms with Crippen LogP contribution in [0.25, 0.3) is 0 Å². The van der Waals surface area contributed by atoms with Crippen LogP contribution in [0.2, 0.25) is 0 Å². The predicted molar refractivity (Wildman–Crippen MR) is 40.5 cm³/mol. The Morgan fingerprint density at radius 1 is 1.33 bits per heavy atom. The van der Waals surface area contributed by atoms with Gasteiger partial charge in [0.15, 0.2) is 0 Å². The third-order valence-electron chi connectivity index (χ3n) is 1.11. The summed E-state index contributed by atoms with van der Waals surface area (Å²) in [5, 5.41) is 0. The summed E-state index contributed by atoms with van der Waals surface area (Å²) in [5.74, 6) is 0. The highest BCUT2D eigenvalue weighted by Crippen LogP contribution is 2.02. The summed E-state index contributed by atoms with van der Waals surface area (Å²) >= 11 is 0. The molecule has 1 atom stereocenters. The topological polar surface area (TPSA) is 9.23 Å². The maximum Gasteiger partial charge on any atom is 0.0651 e.